The summed E-state index contributed by atoms with van der Waals surface area (Å²) in [5.74, 6) is 0. The van der Waals surface area contributed by atoms with Crippen molar-refractivity contribution in [2.24, 2.45) is 0 Å². The second-order valence-electron chi connectivity index (χ2n) is 3.12. The highest BCUT2D eigenvalue weighted by Crippen LogP contribution is 2.23. The molecule has 0 aliphatic carbocycles. The van der Waals surface area contributed by atoms with Crippen molar-refractivity contribution in [3.63, 3.8) is 0 Å². The lowest BCUT2D eigenvalue weighted by Gasteiger charge is -2.05. The van der Waals surface area contributed by atoms with Crippen LogP contribution in [0.4, 0.5) is 0 Å². The maximum atomic E-state index is 11.7. The van der Waals surface area contributed by atoms with Crippen molar-refractivity contribution in [2.45, 2.75) is 11.0 Å². The smallest absolute Gasteiger partial charge is 0.298 e. The molecule has 0 saturated carbocycles. The molecule has 1 heterocycles. The molecule has 4 nitrogen and oxygen atoms in total. The predicted molar refractivity (Wildman–Crippen MR) is 57.0 cm³/mol. The molecular weight excluding hydrogens is 284 g/mol. The van der Waals surface area contributed by atoms with E-state index >= 15 is 0 Å². The zero-order valence-corrected chi connectivity index (χ0v) is 10.1. The van der Waals surface area contributed by atoms with Gasteiger partial charge in [0.25, 0.3) is 10.1 Å². The summed E-state index contributed by atoms with van der Waals surface area (Å²) in [4.78, 5) is 0.144. The molecule has 0 unspecified atom stereocenters. The molecule has 1 aliphatic heterocycles. The molecule has 1 aromatic rings. The van der Waals surface area contributed by atoms with Crippen LogP contribution in [0, 0.1) is 0 Å². The Labute approximate surface area is 96.4 Å². The molecule has 0 N–H and O–H groups in total. The van der Waals surface area contributed by atoms with E-state index in [1.165, 1.54) is 6.07 Å². The first-order valence-corrected chi connectivity index (χ1v) is 6.55. The van der Waals surface area contributed by atoms with Gasteiger partial charge in [0.2, 0.25) is 0 Å². The first-order chi connectivity index (χ1) is 7.09. The van der Waals surface area contributed by atoms with E-state index in [2.05, 4.69) is 15.9 Å². The Morgan fingerprint density at radius 1 is 1.47 bits per heavy atom. The Balaban J connectivity index is 2.16. The third-order valence-electron chi connectivity index (χ3n) is 1.92. The van der Waals surface area contributed by atoms with E-state index < -0.39 is 10.1 Å². The van der Waals surface area contributed by atoms with Crippen LogP contribution in [0.1, 0.15) is 0 Å². The molecule has 1 fully saturated rings. The van der Waals surface area contributed by atoms with Gasteiger partial charge in [-0.3, -0.25) is 4.18 Å². The van der Waals surface area contributed by atoms with Crippen LogP contribution < -0.4 is 0 Å². The van der Waals surface area contributed by atoms with Crippen LogP contribution in [0.5, 0.6) is 0 Å². The predicted octanol–water partition coefficient (Wildman–Crippen LogP) is 1.55. The second-order valence-corrected chi connectivity index (χ2v) is 5.56. The number of ether oxygens (including phenoxy) is 1. The molecule has 1 atom stereocenters. The maximum absolute atomic E-state index is 11.7. The number of hydrogen-bond acceptors (Lipinski definition) is 4. The average Bonchev–Trinajstić information content (AvgIpc) is 2.99. The summed E-state index contributed by atoms with van der Waals surface area (Å²) in [6, 6.07) is 6.54. The average molecular weight is 293 g/mol. The van der Waals surface area contributed by atoms with Gasteiger partial charge in [0.15, 0.2) is 0 Å². The number of halogens is 1. The minimum absolute atomic E-state index is 0.0673. The zero-order chi connectivity index (χ0) is 10.9. The van der Waals surface area contributed by atoms with E-state index in [1.54, 1.807) is 18.2 Å². The second kappa shape index (κ2) is 4.21. The van der Waals surface area contributed by atoms with Crippen LogP contribution in [0.15, 0.2) is 33.6 Å². The molecule has 2 rings (SSSR count). The van der Waals surface area contributed by atoms with E-state index in [-0.39, 0.29) is 17.6 Å². The molecule has 0 radical (unpaired) electrons. The number of benzene rings is 1. The van der Waals surface area contributed by atoms with E-state index in [0.29, 0.717) is 11.1 Å². The Morgan fingerprint density at radius 3 is 2.73 bits per heavy atom. The molecule has 0 bridgehead atoms. The van der Waals surface area contributed by atoms with Gasteiger partial charge in [0, 0.05) is 4.47 Å². The van der Waals surface area contributed by atoms with Gasteiger partial charge in [0.05, 0.1) is 13.2 Å². The van der Waals surface area contributed by atoms with Crippen molar-refractivity contribution in [3.8, 4) is 0 Å². The van der Waals surface area contributed by atoms with Crippen molar-refractivity contribution in [1.82, 2.24) is 0 Å². The highest BCUT2D eigenvalue weighted by atomic mass is 79.9. The monoisotopic (exact) mass is 292 g/mol. The SMILES string of the molecule is O=S(=O)(OC[C@H]1CO1)c1ccccc1Br. The molecule has 82 valence electrons. The van der Waals surface area contributed by atoms with Gasteiger partial charge in [-0.05, 0) is 28.1 Å². The first kappa shape index (κ1) is 11.1. The number of rotatable bonds is 4. The third kappa shape index (κ3) is 2.78. The zero-order valence-electron chi connectivity index (χ0n) is 7.72. The summed E-state index contributed by atoms with van der Waals surface area (Å²) in [6.45, 7) is 0.662. The number of hydrogen-bond donors (Lipinski definition) is 0. The van der Waals surface area contributed by atoms with Crippen LogP contribution in [0.2, 0.25) is 0 Å². The minimum atomic E-state index is -3.67. The fraction of sp³-hybridized carbons (Fsp3) is 0.333. The largest absolute Gasteiger partial charge is 0.371 e. The minimum Gasteiger partial charge on any atom is -0.371 e. The molecule has 1 aliphatic rings. The highest BCUT2D eigenvalue weighted by molar-refractivity contribution is 9.10. The van der Waals surface area contributed by atoms with Gasteiger partial charge in [0.1, 0.15) is 11.0 Å². The molecule has 6 heteroatoms. The van der Waals surface area contributed by atoms with Crippen molar-refractivity contribution in [1.29, 1.82) is 0 Å². The molecule has 15 heavy (non-hydrogen) atoms. The van der Waals surface area contributed by atoms with Crippen LogP contribution in [0.25, 0.3) is 0 Å². The van der Waals surface area contributed by atoms with Crippen LogP contribution in [0.3, 0.4) is 0 Å². The summed E-state index contributed by atoms with van der Waals surface area (Å²) in [5.41, 5.74) is 0. The summed E-state index contributed by atoms with van der Waals surface area (Å²) in [5, 5.41) is 0. The van der Waals surface area contributed by atoms with Gasteiger partial charge < -0.3 is 4.74 Å². The molecule has 0 amide bonds. The van der Waals surface area contributed by atoms with Crippen LogP contribution in [-0.4, -0.2) is 27.7 Å². The summed E-state index contributed by atoms with van der Waals surface area (Å²) < 4.78 is 33.6. The molecule has 0 aromatic heterocycles. The van der Waals surface area contributed by atoms with Gasteiger partial charge in [-0.1, -0.05) is 12.1 Å². The third-order valence-corrected chi connectivity index (χ3v) is 4.21. The van der Waals surface area contributed by atoms with Gasteiger partial charge in [-0.25, -0.2) is 0 Å². The fourth-order valence-corrected chi connectivity index (χ4v) is 2.93. The lowest BCUT2D eigenvalue weighted by Crippen LogP contribution is -2.11. The topological polar surface area (TPSA) is 55.9 Å². The quantitative estimate of drug-likeness (QED) is 0.624. The fourth-order valence-electron chi connectivity index (χ4n) is 1.04. The van der Waals surface area contributed by atoms with E-state index in [0.717, 1.165) is 0 Å². The van der Waals surface area contributed by atoms with E-state index in [4.69, 9.17) is 8.92 Å². The molecule has 1 aromatic carbocycles. The molecule has 1 saturated heterocycles. The molecular formula is C9H9BrO4S. The summed E-state index contributed by atoms with van der Waals surface area (Å²) in [7, 11) is -3.67. The van der Waals surface area contributed by atoms with Crippen molar-refractivity contribution >= 4 is 26.0 Å². The Hall–Kier alpha value is -0.430. The lowest BCUT2D eigenvalue weighted by molar-refractivity contribution is 0.266. The standard InChI is InChI=1S/C9H9BrO4S/c10-8-3-1-2-4-9(8)15(11,12)14-6-7-5-13-7/h1-4,7H,5-6H2/t7-/m1/s1. The van der Waals surface area contributed by atoms with E-state index in [9.17, 15) is 8.42 Å². The highest BCUT2D eigenvalue weighted by Gasteiger charge is 2.27. The van der Waals surface area contributed by atoms with Crippen molar-refractivity contribution < 1.29 is 17.3 Å². The van der Waals surface area contributed by atoms with Gasteiger partial charge in [-0.2, -0.15) is 8.42 Å². The maximum Gasteiger partial charge on any atom is 0.298 e. The van der Waals surface area contributed by atoms with Crippen molar-refractivity contribution in [3.05, 3.63) is 28.7 Å². The summed E-state index contributed by atoms with van der Waals surface area (Å²) in [6.07, 6.45) is -0.0673. The number of epoxide rings is 1. The Morgan fingerprint density at radius 2 is 2.13 bits per heavy atom. The van der Waals surface area contributed by atoms with Crippen LogP contribution in [-0.2, 0) is 19.0 Å². The van der Waals surface area contributed by atoms with Crippen LogP contribution >= 0.6 is 15.9 Å². The lowest BCUT2D eigenvalue weighted by atomic mass is 10.4. The normalized spacial score (nSPS) is 20.2. The first-order valence-electron chi connectivity index (χ1n) is 4.35. The van der Waals surface area contributed by atoms with Crippen molar-refractivity contribution in [2.75, 3.05) is 13.2 Å². The van der Waals surface area contributed by atoms with Gasteiger partial charge >= 0.3 is 0 Å². The Kier molecular flexibility index (Phi) is 3.11. The summed E-state index contributed by atoms with van der Waals surface area (Å²) >= 11 is 3.16. The van der Waals surface area contributed by atoms with Gasteiger partial charge in [-0.15, -0.1) is 0 Å². The molecule has 0 spiro atoms. The van der Waals surface area contributed by atoms with E-state index in [1.807, 2.05) is 0 Å². The Bertz CT molecular complexity index is 453.